The van der Waals surface area contributed by atoms with Gasteiger partial charge in [0, 0.05) is 26.8 Å². The molecule has 1 heterocycles. The number of nitrogens with one attached hydrogen (secondary N) is 1. The Morgan fingerprint density at radius 3 is 2.75 bits per heavy atom. The smallest absolute Gasteiger partial charge is 0.224 e. The molecule has 90 valence electrons. The number of halogens is 1. The quantitative estimate of drug-likeness (QED) is 0.781. The van der Waals surface area contributed by atoms with Crippen molar-refractivity contribution >= 4 is 27.4 Å². The Morgan fingerprint density at radius 2 is 2.19 bits per heavy atom. The molecule has 0 amide bonds. The fourth-order valence-electron chi connectivity index (χ4n) is 0.924. The maximum Gasteiger partial charge on any atom is 0.224 e. The molecule has 0 aliphatic heterocycles. The SMILES string of the molecule is CN(C)S(=O)(=O)CCNc1ccnc(Cl)n1. The lowest BCUT2D eigenvalue weighted by Gasteiger charge is -2.11. The zero-order valence-electron chi connectivity index (χ0n) is 9.01. The Balaban J connectivity index is 2.48. The summed E-state index contributed by atoms with van der Waals surface area (Å²) >= 11 is 5.58. The van der Waals surface area contributed by atoms with Gasteiger partial charge in [-0.1, -0.05) is 0 Å². The summed E-state index contributed by atoms with van der Waals surface area (Å²) in [6, 6.07) is 1.62. The summed E-state index contributed by atoms with van der Waals surface area (Å²) in [6.45, 7) is 0.272. The number of rotatable bonds is 5. The van der Waals surface area contributed by atoms with Crippen LogP contribution in [-0.2, 0) is 10.0 Å². The second kappa shape index (κ2) is 5.42. The molecule has 0 aliphatic carbocycles. The Bertz CT molecular complexity index is 449. The van der Waals surface area contributed by atoms with Crippen LogP contribution in [0.4, 0.5) is 5.82 Å². The molecular formula is C8H13ClN4O2S. The predicted octanol–water partition coefficient (Wildman–Crippen LogP) is 0.433. The molecular weight excluding hydrogens is 252 g/mol. The van der Waals surface area contributed by atoms with E-state index in [1.54, 1.807) is 6.07 Å². The predicted molar refractivity (Wildman–Crippen MR) is 63.0 cm³/mol. The van der Waals surface area contributed by atoms with Gasteiger partial charge in [0.05, 0.1) is 5.75 Å². The summed E-state index contributed by atoms with van der Waals surface area (Å²) in [7, 11) is -0.190. The van der Waals surface area contributed by atoms with Gasteiger partial charge < -0.3 is 5.32 Å². The molecule has 1 N–H and O–H groups in total. The van der Waals surface area contributed by atoms with Crippen LogP contribution in [0.25, 0.3) is 0 Å². The minimum absolute atomic E-state index is 0.00161. The summed E-state index contributed by atoms with van der Waals surface area (Å²) in [6.07, 6.45) is 1.50. The third kappa shape index (κ3) is 3.92. The van der Waals surface area contributed by atoms with Crippen molar-refractivity contribution in [2.24, 2.45) is 0 Å². The Hall–Kier alpha value is -0.920. The third-order valence-corrected chi connectivity index (χ3v) is 3.86. The van der Waals surface area contributed by atoms with Crippen molar-refractivity contribution in [1.29, 1.82) is 0 Å². The van der Waals surface area contributed by atoms with Crippen molar-refractivity contribution in [2.75, 3.05) is 31.7 Å². The van der Waals surface area contributed by atoms with Gasteiger partial charge in [-0.15, -0.1) is 0 Å². The molecule has 1 aromatic heterocycles. The maximum absolute atomic E-state index is 11.4. The van der Waals surface area contributed by atoms with E-state index in [0.29, 0.717) is 5.82 Å². The van der Waals surface area contributed by atoms with E-state index in [4.69, 9.17) is 11.6 Å². The Morgan fingerprint density at radius 1 is 1.50 bits per heavy atom. The van der Waals surface area contributed by atoms with Gasteiger partial charge in [0.25, 0.3) is 0 Å². The van der Waals surface area contributed by atoms with Gasteiger partial charge >= 0.3 is 0 Å². The van der Waals surface area contributed by atoms with Crippen LogP contribution in [0.3, 0.4) is 0 Å². The summed E-state index contributed by atoms with van der Waals surface area (Å²) in [4.78, 5) is 7.59. The molecule has 0 aliphatic rings. The van der Waals surface area contributed by atoms with Crippen LogP contribution in [0, 0.1) is 0 Å². The highest BCUT2D eigenvalue weighted by molar-refractivity contribution is 7.89. The van der Waals surface area contributed by atoms with E-state index in [1.807, 2.05) is 0 Å². The van der Waals surface area contributed by atoms with Crippen LogP contribution in [0.1, 0.15) is 0 Å². The van der Waals surface area contributed by atoms with Gasteiger partial charge in [-0.3, -0.25) is 0 Å². The van der Waals surface area contributed by atoms with Crippen LogP contribution in [0.5, 0.6) is 0 Å². The van der Waals surface area contributed by atoms with Crippen LogP contribution in [0.2, 0.25) is 5.28 Å². The summed E-state index contributed by atoms with van der Waals surface area (Å²) in [5.41, 5.74) is 0. The average molecular weight is 265 g/mol. The fourth-order valence-corrected chi connectivity index (χ4v) is 1.80. The molecule has 0 radical (unpaired) electrons. The van der Waals surface area contributed by atoms with Gasteiger partial charge in [-0.25, -0.2) is 22.7 Å². The molecule has 0 spiro atoms. The zero-order chi connectivity index (χ0) is 12.2. The second-order valence-electron chi connectivity index (χ2n) is 3.24. The summed E-state index contributed by atoms with van der Waals surface area (Å²) in [5.74, 6) is 0.510. The molecule has 0 aromatic carbocycles. The van der Waals surface area contributed by atoms with Gasteiger partial charge in [0.1, 0.15) is 5.82 Å². The largest absolute Gasteiger partial charge is 0.369 e. The van der Waals surface area contributed by atoms with Crippen LogP contribution in [-0.4, -0.2) is 49.1 Å². The van der Waals surface area contributed by atoms with E-state index >= 15 is 0 Å². The zero-order valence-corrected chi connectivity index (χ0v) is 10.6. The number of sulfonamides is 1. The minimum Gasteiger partial charge on any atom is -0.369 e. The molecule has 0 unspecified atom stereocenters. The molecule has 8 heteroatoms. The second-order valence-corrected chi connectivity index (χ2v) is 5.88. The molecule has 0 bridgehead atoms. The third-order valence-electron chi connectivity index (χ3n) is 1.85. The monoisotopic (exact) mass is 264 g/mol. The van der Waals surface area contributed by atoms with Gasteiger partial charge in [0.2, 0.25) is 15.3 Å². The molecule has 0 atom stereocenters. The lowest BCUT2D eigenvalue weighted by Crippen LogP contribution is -2.28. The first-order chi connectivity index (χ1) is 7.42. The molecule has 16 heavy (non-hydrogen) atoms. The maximum atomic E-state index is 11.4. The van der Waals surface area contributed by atoms with E-state index < -0.39 is 10.0 Å². The molecule has 0 saturated carbocycles. The molecule has 6 nitrogen and oxygen atoms in total. The van der Waals surface area contributed by atoms with Gasteiger partial charge in [0.15, 0.2) is 0 Å². The minimum atomic E-state index is -3.18. The first-order valence-corrected chi connectivity index (χ1v) is 6.53. The number of anilines is 1. The van der Waals surface area contributed by atoms with Crippen LogP contribution < -0.4 is 5.32 Å². The topological polar surface area (TPSA) is 75.2 Å². The molecule has 0 fully saturated rings. The molecule has 1 rings (SSSR count). The van der Waals surface area contributed by atoms with E-state index in [0.717, 1.165) is 0 Å². The number of aromatic nitrogens is 2. The first kappa shape index (κ1) is 13.1. The van der Waals surface area contributed by atoms with E-state index in [2.05, 4.69) is 15.3 Å². The van der Waals surface area contributed by atoms with Crippen molar-refractivity contribution < 1.29 is 8.42 Å². The highest BCUT2D eigenvalue weighted by Gasteiger charge is 2.12. The number of hydrogen-bond donors (Lipinski definition) is 1. The highest BCUT2D eigenvalue weighted by Crippen LogP contribution is 2.05. The van der Waals surface area contributed by atoms with Crippen LogP contribution in [0.15, 0.2) is 12.3 Å². The lowest BCUT2D eigenvalue weighted by atomic mass is 10.5. The molecule has 0 saturated heterocycles. The average Bonchev–Trinajstić information content (AvgIpc) is 2.17. The van der Waals surface area contributed by atoms with Crippen molar-refractivity contribution in [3.63, 3.8) is 0 Å². The van der Waals surface area contributed by atoms with Crippen molar-refractivity contribution in [1.82, 2.24) is 14.3 Å². The number of hydrogen-bond acceptors (Lipinski definition) is 5. The van der Waals surface area contributed by atoms with E-state index in [-0.39, 0.29) is 17.6 Å². The van der Waals surface area contributed by atoms with Crippen LogP contribution >= 0.6 is 11.6 Å². The Kier molecular flexibility index (Phi) is 4.45. The highest BCUT2D eigenvalue weighted by atomic mass is 35.5. The fraction of sp³-hybridized carbons (Fsp3) is 0.500. The van der Waals surface area contributed by atoms with Crippen molar-refractivity contribution in [2.45, 2.75) is 0 Å². The summed E-state index contributed by atoms with van der Waals surface area (Å²) < 4.78 is 24.0. The first-order valence-electron chi connectivity index (χ1n) is 4.54. The standard InChI is InChI=1S/C8H13ClN4O2S/c1-13(2)16(14,15)6-5-10-7-3-4-11-8(9)12-7/h3-4H,5-6H2,1-2H3,(H,10,11,12). The Labute approximate surface area is 99.7 Å². The molecule has 1 aromatic rings. The van der Waals surface area contributed by atoms with Gasteiger partial charge in [-0.05, 0) is 17.7 Å². The summed E-state index contributed by atoms with van der Waals surface area (Å²) in [5, 5.41) is 2.98. The number of nitrogens with zero attached hydrogens (tertiary/aromatic N) is 3. The lowest BCUT2D eigenvalue weighted by molar-refractivity contribution is 0.521. The normalized spacial score (nSPS) is 11.8. The van der Waals surface area contributed by atoms with Crippen molar-refractivity contribution in [3.8, 4) is 0 Å². The van der Waals surface area contributed by atoms with Crippen molar-refractivity contribution in [3.05, 3.63) is 17.5 Å². The van der Waals surface area contributed by atoms with E-state index in [9.17, 15) is 8.42 Å². The van der Waals surface area contributed by atoms with Gasteiger partial charge in [-0.2, -0.15) is 0 Å². The van der Waals surface area contributed by atoms with E-state index in [1.165, 1.54) is 24.6 Å².